The van der Waals surface area contributed by atoms with E-state index in [2.05, 4.69) is 5.32 Å². The summed E-state index contributed by atoms with van der Waals surface area (Å²) in [5.41, 5.74) is 0.844. The van der Waals surface area contributed by atoms with Crippen LogP contribution in [0, 0.1) is 0 Å². The van der Waals surface area contributed by atoms with Crippen molar-refractivity contribution < 1.29 is 18.3 Å². The molecule has 0 aromatic heterocycles. The van der Waals surface area contributed by atoms with E-state index in [1.807, 2.05) is 0 Å². The summed E-state index contributed by atoms with van der Waals surface area (Å²) in [4.78, 5) is 10.9. The smallest absolute Gasteiger partial charge is 0.325 e. The molecule has 1 aliphatic rings. The van der Waals surface area contributed by atoms with Gasteiger partial charge in [0.05, 0.1) is 16.0 Å². The van der Waals surface area contributed by atoms with E-state index >= 15 is 0 Å². The van der Waals surface area contributed by atoms with Crippen molar-refractivity contribution in [3.8, 4) is 0 Å². The Bertz CT molecular complexity index is 604. The van der Waals surface area contributed by atoms with Crippen molar-refractivity contribution in [2.45, 2.75) is 17.9 Å². The number of sulfone groups is 1. The van der Waals surface area contributed by atoms with Crippen LogP contribution in [0.1, 0.15) is 12.5 Å². The Morgan fingerprint density at radius 1 is 1.35 bits per heavy atom. The fourth-order valence-electron chi connectivity index (χ4n) is 1.63. The number of fused-ring (bicyclic) bond motifs is 1. The summed E-state index contributed by atoms with van der Waals surface area (Å²) in [6, 6.07) is 5.64. The summed E-state index contributed by atoms with van der Waals surface area (Å²) >= 11 is 0. The van der Waals surface area contributed by atoms with Crippen LogP contribution < -0.4 is 5.32 Å². The quantitative estimate of drug-likeness (QED) is 0.833. The van der Waals surface area contributed by atoms with Gasteiger partial charge in [-0.05, 0) is 13.0 Å². The highest BCUT2D eigenvalue weighted by atomic mass is 32.2. The van der Waals surface area contributed by atoms with Gasteiger partial charge in [0.1, 0.15) is 6.04 Å². The van der Waals surface area contributed by atoms with Crippen LogP contribution in [0.3, 0.4) is 0 Å². The van der Waals surface area contributed by atoms with Crippen molar-refractivity contribution in [1.82, 2.24) is 5.32 Å². The minimum Gasteiger partial charge on any atom is -0.480 e. The van der Waals surface area contributed by atoms with Crippen LogP contribution in [0.25, 0.3) is 5.70 Å². The predicted molar refractivity (Wildman–Crippen MR) is 61.8 cm³/mol. The number of hydrogen-bond acceptors (Lipinski definition) is 4. The van der Waals surface area contributed by atoms with E-state index in [4.69, 9.17) is 5.11 Å². The van der Waals surface area contributed by atoms with Crippen LogP contribution in [0.15, 0.2) is 34.6 Å². The maximum Gasteiger partial charge on any atom is 0.325 e. The van der Waals surface area contributed by atoms with Gasteiger partial charge in [-0.15, -0.1) is 0 Å². The first-order chi connectivity index (χ1) is 7.92. The zero-order valence-electron chi connectivity index (χ0n) is 9.04. The van der Waals surface area contributed by atoms with E-state index in [-0.39, 0.29) is 4.90 Å². The average molecular weight is 253 g/mol. The van der Waals surface area contributed by atoms with Crippen molar-refractivity contribution in [1.29, 1.82) is 0 Å². The van der Waals surface area contributed by atoms with E-state index in [9.17, 15) is 13.2 Å². The molecule has 0 radical (unpaired) electrons. The standard InChI is InChI=1S/C11H11NO4S/c1-7(11(13)14)12-9-6-17(15,16)10-5-3-2-4-8(9)10/h2-7,12H,1H3,(H,13,14). The first kappa shape index (κ1) is 11.7. The fourth-order valence-corrected chi connectivity index (χ4v) is 3.01. The molecular formula is C11H11NO4S. The van der Waals surface area contributed by atoms with E-state index in [0.29, 0.717) is 11.3 Å². The Balaban J connectivity index is 2.42. The molecule has 1 unspecified atom stereocenters. The van der Waals surface area contributed by atoms with Crippen LogP contribution in [0.5, 0.6) is 0 Å². The van der Waals surface area contributed by atoms with E-state index in [1.54, 1.807) is 18.2 Å². The second-order valence-electron chi connectivity index (χ2n) is 3.78. The molecule has 0 saturated carbocycles. The Labute approximate surface area is 98.7 Å². The normalized spacial score (nSPS) is 18.1. The highest BCUT2D eigenvalue weighted by Crippen LogP contribution is 2.31. The van der Waals surface area contributed by atoms with Crippen molar-refractivity contribution in [2.75, 3.05) is 0 Å². The highest BCUT2D eigenvalue weighted by Gasteiger charge is 2.27. The van der Waals surface area contributed by atoms with Gasteiger partial charge in [-0.3, -0.25) is 4.79 Å². The Morgan fingerprint density at radius 2 is 2.00 bits per heavy atom. The van der Waals surface area contributed by atoms with Gasteiger partial charge in [-0.2, -0.15) is 0 Å². The third-order valence-corrected chi connectivity index (χ3v) is 4.01. The van der Waals surface area contributed by atoms with Crippen LogP contribution in [0.2, 0.25) is 0 Å². The average Bonchev–Trinajstić information content (AvgIpc) is 2.51. The first-order valence-corrected chi connectivity index (χ1v) is 6.52. The van der Waals surface area contributed by atoms with Crippen molar-refractivity contribution in [3.63, 3.8) is 0 Å². The SMILES string of the molecule is CC(NC1=CS(=O)(=O)c2ccccc21)C(=O)O. The van der Waals surface area contributed by atoms with E-state index in [0.717, 1.165) is 5.41 Å². The van der Waals surface area contributed by atoms with Gasteiger partial charge in [0.15, 0.2) is 0 Å². The lowest BCUT2D eigenvalue weighted by Crippen LogP contribution is -2.32. The van der Waals surface area contributed by atoms with Gasteiger partial charge in [-0.1, -0.05) is 18.2 Å². The number of carboxylic acids is 1. The molecule has 0 fully saturated rings. The molecule has 1 aliphatic heterocycles. The molecule has 0 saturated heterocycles. The van der Waals surface area contributed by atoms with E-state index < -0.39 is 21.8 Å². The monoisotopic (exact) mass is 253 g/mol. The number of nitrogens with one attached hydrogen (secondary N) is 1. The molecule has 1 heterocycles. The predicted octanol–water partition coefficient (Wildman–Crippen LogP) is 0.835. The summed E-state index contributed by atoms with van der Waals surface area (Å²) in [5.74, 6) is -1.03. The van der Waals surface area contributed by atoms with Crippen LogP contribution in [-0.2, 0) is 14.6 Å². The zero-order valence-corrected chi connectivity index (χ0v) is 9.86. The molecule has 1 aromatic carbocycles. The molecular weight excluding hydrogens is 242 g/mol. The van der Waals surface area contributed by atoms with Crippen molar-refractivity contribution in [2.24, 2.45) is 0 Å². The summed E-state index contributed by atoms with van der Waals surface area (Å²) < 4.78 is 23.5. The van der Waals surface area contributed by atoms with Gasteiger partial charge < -0.3 is 10.4 Å². The molecule has 90 valence electrons. The number of benzene rings is 1. The van der Waals surface area contributed by atoms with Gasteiger partial charge in [0, 0.05) is 5.56 Å². The second kappa shape index (κ2) is 3.89. The maximum absolute atomic E-state index is 11.8. The summed E-state index contributed by atoms with van der Waals surface area (Å²) in [6.45, 7) is 1.46. The topological polar surface area (TPSA) is 83.5 Å². The third kappa shape index (κ3) is 2.03. The lowest BCUT2D eigenvalue weighted by molar-refractivity contribution is -0.138. The van der Waals surface area contributed by atoms with Crippen molar-refractivity contribution >= 4 is 21.5 Å². The molecule has 2 N–H and O–H groups in total. The largest absolute Gasteiger partial charge is 0.480 e. The third-order valence-electron chi connectivity index (χ3n) is 2.50. The molecule has 0 amide bonds. The summed E-state index contributed by atoms with van der Waals surface area (Å²) in [5, 5.41) is 12.5. The van der Waals surface area contributed by atoms with E-state index in [1.165, 1.54) is 13.0 Å². The molecule has 1 atom stereocenters. The summed E-state index contributed by atoms with van der Waals surface area (Å²) in [7, 11) is -3.44. The molecule has 2 rings (SSSR count). The number of hydrogen-bond donors (Lipinski definition) is 2. The number of rotatable bonds is 3. The summed E-state index contributed by atoms with van der Waals surface area (Å²) in [6.07, 6.45) is 0. The van der Waals surface area contributed by atoms with Crippen LogP contribution in [-0.4, -0.2) is 25.5 Å². The Kier molecular flexibility index (Phi) is 2.66. The molecule has 0 aliphatic carbocycles. The highest BCUT2D eigenvalue weighted by molar-refractivity contribution is 7.95. The Morgan fingerprint density at radius 3 is 2.65 bits per heavy atom. The first-order valence-electron chi connectivity index (χ1n) is 4.97. The molecule has 5 nitrogen and oxygen atoms in total. The van der Waals surface area contributed by atoms with Gasteiger partial charge in [0.2, 0.25) is 9.84 Å². The lowest BCUT2D eigenvalue weighted by atomic mass is 10.1. The fraction of sp³-hybridized carbons (Fsp3) is 0.182. The number of carboxylic acid groups (broad SMARTS) is 1. The van der Waals surface area contributed by atoms with Gasteiger partial charge >= 0.3 is 5.97 Å². The van der Waals surface area contributed by atoms with Crippen LogP contribution >= 0.6 is 0 Å². The molecule has 17 heavy (non-hydrogen) atoms. The second-order valence-corrected chi connectivity index (χ2v) is 5.54. The number of aliphatic carboxylic acids is 1. The van der Waals surface area contributed by atoms with Gasteiger partial charge in [0.25, 0.3) is 0 Å². The minimum absolute atomic E-state index is 0.208. The lowest BCUT2D eigenvalue weighted by Gasteiger charge is -2.11. The minimum atomic E-state index is -3.44. The molecule has 6 heteroatoms. The van der Waals surface area contributed by atoms with Crippen LogP contribution in [0.4, 0.5) is 0 Å². The number of carbonyl (C=O) groups is 1. The van der Waals surface area contributed by atoms with Crippen molar-refractivity contribution in [3.05, 3.63) is 35.2 Å². The zero-order chi connectivity index (χ0) is 12.6. The Hall–Kier alpha value is -1.82. The van der Waals surface area contributed by atoms with Gasteiger partial charge in [-0.25, -0.2) is 8.42 Å². The maximum atomic E-state index is 11.8. The molecule has 0 spiro atoms. The molecule has 1 aromatic rings. The molecule has 0 bridgehead atoms.